The van der Waals surface area contributed by atoms with E-state index < -0.39 is 0 Å². The zero-order chi connectivity index (χ0) is 7.42. The lowest BCUT2D eigenvalue weighted by molar-refractivity contribution is 0.523. The first-order valence-corrected chi connectivity index (χ1v) is 4.92. The summed E-state index contributed by atoms with van der Waals surface area (Å²) in [7, 11) is 0. The van der Waals surface area contributed by atoms with Gasteiger partial charge in [-0.3, -0.25) is 0 Å². The number of hydrogen-bond donors (Lipinski definition) is 1. The minimum absolute atomic E-state index is 0.743. The number of nitrogens with one attached hydrogen (secondary N) is 1. The highest BCUT2D eigenvalue weighted by atomic mass is 14.6. The first-order chi connectivity index (χ1) is 5.34. The Kier molecular flexibility index (Phi) is 1.06. The van der Waals surface area contributed by atoms with Gasteiger partial charge in [0, 0.05) is 5.71 Å². The van der Waals surface area contributed by atoms with E-state index in [0.29, 0.717) is 0 Å². The molecular weight excluding hydrogens is 134 g/mol. The smallest absolute Gasteiger partial charge is 0.0126 e. The van der Waals surface area contributed by atoms with Gasteiger partial charge in [-0.25, -0.2) is 0 Å². The van der Waals surface area contributed by atoms with Crippen molar-refractivity contribution in [3.63, 3.8) is 0 Å². The molecule has 11 heavy (non-hydrogen) atoms. The predicted molar refractivity (Wildman–Crippen MR) is 44.8 cm³/mol. The normalized spacial score (nSPS) is 47.6. The number of hydrogen-bond acceptors (Lipinski definition) is 1. The van der Waals surface area contributed by atoms with Gasteiger partial charge in [0.2, 0.25) is 0 Å². The average molecular weight is 149 g/mol. The topological polar surface area (TPSA) is 23.9 Å². The number of fused-ring (bicyclic) bond motifs is 1. The van der Waals surface area contributed by atoms with Crippen molar-refractivity contribution in [1.29, 1.82) is 5.41 Å². The van der Waals surface area contributed by atoms with Crippen LogP contribution in [0.2, 0.25) is 0 Å². The molecule has 3 unspecified atom stereocenters. The lowest BCUT2D eigenvalue weighted by Crippen LogP contribution is -2.10. The summed E-state index contributed by atoms with van der Waals surface area (Å²) in [6, 6.07) is 0. The van der Waals surface area contributed by atoms with Crippen molar-refractivity contribution in [2.24, 2.45) is 23.7 Å². The minimum atomic E-state index is 0.743. The van der Waals surface area contributed by atoms with Crippen LogP contribution in [0.1, 0.15) is 32.1 Å². The second-order valence-corrected chi connectivity index (χ2v) is 4.67. The van der Waals surface area contributed by atoms with Gasteiger partial charge in [0.1, 0.15) is 0 Å². The van der Waals surface area contributed by atoms with E-state index in [2.05, 4.69) is 0 Å². The Labute approximate surface area is 67.7 Å². The molecular formula is C10H15N. The number of rotatable bonds is 2. The molecule has 1 N–H and O–H groups in total. The SMILES string of the molecule is N=C1CC2CC2C1CC1CC1. The molecule has 0 spiro atoms. The minimum Gasteiger partial charge on any atom is -0.309 e. The van der Waals surface area contributed by atoms with E-state index >= 15 is 0 Å². The summed E-state index contributed by atoms with van der Waals surface area (Å²) in [5, 5.41) is 7.79. The van der Waals surface area contributed by atoms with Gasteiger partial charge in [0.25, 0.3) is 0 Å². The molecule has 0 radical (unpaired) electrons. The molecule has 3 saturated carbocycles. The molecule has 60 valence electrons. The van der Waals surface area contributed by atoms with E-state index in [0.717, 1.165) is 35.8 Å². The Morgan fingerprint density at radius 2 is 2.18 bits per heavy atom. The molecule has 3 aliphatic rings. The van der Waals surface area contributed by atoms with Gasteiger partial charge in [-0.15, -0.1) is 0 Å². The molecule has 0 amide bonds. The van der Waals surface area contributed by atoms with E-state index in [1.807, 2.05) is 0 Å². The Morgan fingerprint density at radius 3 is 2.73 bits per heavy atom. The maximum absolute atomic E-state index is 7.79. The van der Waals surface area contributed by atoms with Gasteiger partial charge in [0.05, 0.1) is 0 Å². The van der Waals surface area contributed by atoms with Crippen molar-refractivity contribution in [2.75, 3.05) is 0 Å². The maximum atomic E-state index is 7.79. The lowest BCUT2D eigenvalue weighted by Gasteiger charge is -2.10. The van der Waals surface area contributed by atoms with Gasteiger partial charge in [-0.1, -0.05) is 12.8 Å². The van der Waals surface area contributed by atoms with Crippen molar-refractivity contribution in [3.8, 4) is 0 Å². The average Bonchev–Trinajstić information content (AvgIpc) is 2.77. The van der Waals surface area contributed by atoms with E-state index in [1.54, 1.807) is 0 Å². The lowest BCUT2D eigenvalue weighted by atomic mass is 9.95. The molecule has 3 fully saturated rings. The highest BCUT2D eigenvalue weighted by Crippen LogP contribution is 2.56. The molecule has 3 aliphatic carbocycles. The summed E-state index contributed by atoms with van der Waals surface area (Å²) in [6.45, 7) is 0. The van der Waals surface area contributed by atoms with Crippen LogP contribution >= 0.6 is 0 Å². The molecule has 0 saturated heterocycles. The molecule has 0 aliphatic heterocycles. The van der Waals surface area contributed by atoms with Crippen LogP contribution < -0.4 is 0 Å². The van der Waals surface area contributed by atoms with Crippen LogP contribution in [-0.2, 0) is 0 Å². The molecule has 0 bridgehead atoms. The van der Waals surface area contributed by atoms with Crippen molar-refractivity contribution < 1.29 is 0 Å². The maximum Gasteiger partial charge on any atom is 0.0126 e. The first-order valence-electron chi connectivity index (χ1n) is 4.92. The summed E-state index contributed by atoms with van der Waals surface area (Å²) in [4.78, 5) is 0. The van der Waals surface area contributed by atoms with Crippen molar-refractivity contribution in [3.05, 3.63) is 0 Å². The van der Waals surface area contributed by atoms with E-state index in [9.17, 15) is 0 Å². The third-order valence-corrected chi connectivity index (χ3v) is 3.71. The summed E-state index contributed by atoms with van der Waals surface area (Å²) < 4.78 is 0. The molecule has 0 aromatic rings. The second-order valence-electron chi connectivity index (χ2n) is 4.67. The quantitative estimate of drug-likeness (QED) is 0.623. The highest BCUT2D eigenvalue weighted by Gasteiger charge is 2.51. The van der Waals surface area contributed by atoms with Gasteiger partial charge in [-0.2, -0.15) is 0 Å². The third kappa shape index (κ3) is 0.935. The Morgan fingerprint density at radius 1 is 1.36 bits per heavy atom. The summed E-state index contributed by atoms with van der Waals surface area (Å²) in [5.74, 6) is 3.71. The highest BCUT2D eigenvalue weighted by molar-refractivity contribution is 5.87. The fraction of sp³-hybridized carbons (Fsp3) is 0.900. The second kappa shape index (κ2) is 1.88. The Bertz CT molecular complexity index is 205. The Balaban J connectivity index is 1.69. The molecule has 3 rings (SSSR count). The van der Waals surface area contributed by atoms with Crippen LogP contribution in [0.15, 0.2) is 0 Å². The molecule has 3 atom stereocenters. The van der Waals surface area contributed by atoms with Crippen LogP contribution in [0.3, 0.4) is 0 Å². The van der Waals surface area contributed by atoms with Gasteiger partial charge < -0.3 is 5.41 Å². The van der Waals surface area contributed by atoms with Gasteiger partial charge >= 0.3 is 0 Å². The fourth-order valence-electron chi connectivity index (χ4n) is 2.72. The molecule has 0 aromatic carbocycles. The van der Waals surface area contributed by atoms with Crippen LogP contribution in [0.25, 0.3) is 0 Å². The largest absolute Gasteiger partial charge is 0.309 e. The molecule has 0 heterocycles. The summed E-state index contributed by atoms with van der Waals surface area (Å²) >= 11 is 0. The summed E-state index contributed by atoms with van der Waals surface area (Å²) in [6.07, 6.45) is 6.91. The van der Waals surface area contributed by atoms with E-state index in [4.69, 9.17) is 5.41 Å². The van der Waals surface area contributed by atoms with E-state index in [1.165, 1.54) is 25.7 Å². The van der Waals surface area contributed by atoms with Gasteiger partial charge in [0.15, 0.2) is 0 Å². The van der Waals surface area contributed by atoms with Crippen LogP contribution in [-0.4, -0.2) is 5.71 Å². The van der Waals surface area contributed by atoms with Crippen LogP contribution in [0, 0.1) is 29.1 Å². The Hall–Kier alpha value is -0.330. The predicted octanol–water partition coefficient (Wildman–Crippen LogP) is 2.46. The van der Waals surface area contributed by atoms with Gasteiger partial charge in [-0.05, 0) is 42.9 Å². The molecule has 1 nitrogen and oxygen atoms in total. The van der Waals surface area contributed by atoms with E-state index in [-0.39, 0.29) is 0 Å². The molecule has 0 aromatic heterocycles. The fourth-order valence-corrected chi connectivity index (χ4v) is 2.72. The van der Waals surface area contributed by atoms with Crippen LogP contribution in [0.4, 0.5) is 0 Å². The monoisotopic (exact) mass is 149 g/mol. The van der Waals surface area contributed by atoms with Crippen LogP contribution in [0.5, 0.6) is 0 Å². The summed E-state index contributed by atoms with van der Waals surface area (Å²) in [5.41, 5.74) is 1.10. The zero-order valence-electron chi connectivity index (χ0n) is 6.84. The zero-order valence-corrected chi connectivity index (χ0v) is 6.84. The first kappa shape index (κ1) is 6.22. The van der Waals surface area contributed by atoms with Crippen molar-refractivity contribution >= 4 is 5.71 Å². The standard InChI is InChI=1S/C10H15N/c11-10-5-7-4-8(7)9(10)3-6-1-2-6/h6-9,11H,1-5H2. The third-order valence-electron chi connectivity index (χ3n) is 3.71. The van der Waals surface area contributed by atoms with Crippen molar-refractivity contribution in [2.45, 2.75) is 32.1 Å². The van der Waals surface area contributed by atoms with Crippen molar-refractivity contribution in [1.82, 2.24) is 0 Å². The molecule has 1 heteroatoms.